The fraction of sp³-hybridized carbons (Fsp3) is 0.588. The molecule has 0 radical (unpaired) electrons. The topological polar surface area (TPSA) is 40.8 Å². The van der Waals surface area contributed by atoms with Crippen molar-refractivity contribution in [3.8, 4) is 0 Å². The summed E-state index contributed by atoms with van der Waals surface area (Å²) in [6, 6.07) is 5.95. The molecular formula is C17H25N3O. The lowest BCUT2D eigenvalue weighted by Crippen LogP contribution is -2.38. The Morgan fingerprint density at radius 2 is 1.95 bits per heavy atom. The highest BCUT2D eigenvalue weighted by Crippen LogP contribution is 2.36. The molecule has 1 saturated heterocycles. The van der Waals surface area contributed by atoms with Crippen LogP contribution in [0.4, 0.5) is 5.82 Å². The first kappa shape index (κ1) is 14.4. The third-order valence-corrected chi connectivity index (χ3v) is 4.78. The number of pyridine rings is 1. The molecule has 0 spiro atoms. The zero-order chi connectivity index (χ0) is 15.0. The van der Waals surface area contributed by atoms with Gasteiger partial charge in [0, 0.05) is 19.3 Å². The van der Waals surface area contributed by atoms with Crippen molar-refractivity contribution in [2.24, 2.45) is 11.3 Å². The van der Waals surface area contributed by atoms with Gasteiger partial charge in [0.15, 0.2) is 5.82 Å². The van der Waals surface area contributed by atoms with Gasteiger partial charge in [-0.3, -0.25) is 4.40 Å². The largest absolute Gasteiger partial charge is 0.390 e. The van der Waals surface area contributed by atoms with Gasteiger partial charge in [0.25, 0.3) is 0 Å². The predicted octanol–water partition coefficient (Wildman–Crippen LogP) is 3.09. The number of rotatable bonds is 2. The minimum atomic E-state index is 0.0275. The van der Waals surface area contributed by atoms with E-state index in [0.29, 0.717) is 5.41 Å². The lowest BCUT2D eigenvalue weighted by atomic mass is 9.75. The van der Waals surface area contributed by atoms with E-state index in [1.165, 1.54) is 12.8 Å². The number of aliphatic hydroxyl groups excluding tert-OH is 1. The molecule has 1 aliphatic rings. The summed E-state index contributed by atoms with van der Waals surface area (Å²) < 4.78 is 1.99. The van der Waals surface area contributed by atoms with E-state index < -0.39 is 0 Å². The highest BCUT2D eigenvalue weighted by atomic mass is 16.3. The molecule has 4 heteroatoms. The Morgan fingerprint density at radius 1 is 1.24 bits per heavy atom. The molecule has 0 aliphatic carbocycles. The van der Waals surface area contributed by atoms with Crippen molar-refractivity contribution >= 4 is 11.5 Å². The summed E-state index contributed by atoms with van der Waals surface area (Å²) in [4.78, 5) is 7.06. The van der Waals surface area contributed by atoms with Crippen LogP contribution in [0.3, 0.4) is 0 Å². The van der Waals surface area contributed by atoms with Crippen LogP contribution < -0.4 is 4.90 Å². The first-order chi connectivity index (χ1) is 10.0. The number of aliphatic hydroxyl groups is 1. The second-order valence-corrected chi connectivity index (χ2v) is 7.10. The number of fused-ring (bicyclic) bond motifs is 1. The van der Waals surface area contributed by atoms with Crippen molar-refractivity contribution in [3.63, 3.8) is 0 Å². The minimum Gasteiger partial charge on any atom is -0.390 e. The maximum Gasteiger partial charge on any atom is 0.153 e. The van der Waals surface area contributed by atoms with Gasteiger partial charge in [-0.1, -0.05) is 26.8 Å². The molecule has 4 nitrogen and oxygen atoms in total. The van der Waals surface area contributed by atoms with E-state index in [-0.39, 0.29) is 6.61 Å². The van der Waals surface area contributed by atoms with Crippen LogP contribution in [0, 0.1) is 11.3 Å². The fourth-order valence-electron chi connectivity index (χ4n) is 3.39. The lowest BCUT2D eigenvalue weighted by Gasteiger charge is -2.39. The normalized spacial score (nSPS) is 17.6. The summed E-state index contributed by atoms with van der Waals surface area (Å²) in [7, 11) is 0. The van der Waals surface area contributed by atoms with Crippen LogP contribution in [-0.2, 0) is 6.61 Å². The van der Waals surface area contributed by atoms with Crippen molar-refractivity contribution in [1.82, 2.24) is 9.38 Å². The smallest absolute Gasteiger partial charge is 0.153 e. The van der Waals surface area contributed by atoms with E-state index >= 15 is 0 Å². The minimum absolute atomic E-state index is 0.0275. The molecule has 0 amide bonds. The summed E-state index contributed by atoms with van der Waals surface area (Å²) in [5, 5.41) is 9.73. The number of anilines is 1. The number of imidazole rings is 1. The lowest BCUT2D eigenvalue weighted by molar-refractivity contribution is 0.198. The van der Waals surface area contributed by atoms with E-state index in [2.05, 4.69) is 25.7 Å². The van der Waals surface area contributed by atoms with Gasteiger partial charge in [0.05, 0.1) is 12.3 Å². The molecule has 0 saturated carbocycles. The summed E-state index contributed by atoms with van der Waals surface area (Å²) in [6.07, 6.45) is 4.36. The Morgan fingerprint density at radius 3 is 2.57 bits per heavy atom. The van der Waals surface area contributed by atoms with Crippen LogP contribution in [0.25, 0.3) is 5.65 Å². The second kappa shape index (κ2) is 5.34. The number of piperidine rings is 1. The highest BCUT2D eigenvalue weighted by Gasteiger charge is 2.30. The molecular weight excluding hydrogens is 262 g/mol. The van der Waals surface area contributed by atoms with Gasteiger partial charge in [-0.15, -0.1) is 0 Å². The van der Waals surface area contributed by atoms with E-state index in [0.717, 1.165) is 36.2 Å². The molecule has 21 heavy (non-hydrogen) atoms. The molecule has 1 fully saturated rings. The molecule has 0 aromatic carbocycles. The van der Waals surface area contributed by atoms with Crippen molar-refractivity contribution in [2.45, 2.75) is 40.2 Å². The Hall–Kier alpha value is -1.55. The zero-order valence-electron chi connectivity index (χ0n) is 13.2. The Bertz CT molecular complexity index is 618. The van der Waals surface area contributed by atoms with E-state index in [9.17, 15) is 5.11 Å². The maximum absolute atomic E-state index is 9.73. The molecule has 1 aliphatic heterocycles. The summed E-state index contributed by atoms with van der Waals surface area (Å²) in [6.45, 7) is 9.07. The molecule has 3 rings (SSSR count). The van der Waals surface area contributed by atoms with Gasteiger partial charge < -0.3 is 10.0 Å². The average Bonchev–Trinajstić information content (AvgIpc) is 2.85. The Kier molecular flexibility index (Phi) is 3.66. The van der Waals surface area contributed by atoms with Crippen molar-refractivity contribution in [3.05, 3.63) is 30.1 Å². The van der Waals surface area contributed by atoms with Crippen LogP contribution in [0.1, 0.15) is 39.3 Å². The SMILES string of the molecule is CC(C)(C)C1CCN(c2nc3ccccn3c2CO)CC1. The van der Waals surface area contributed by atoms with Crippen molar-refractivity contribution in [1.29, 1.82) is 0 Å². The standard InChI is InChI=1S/C17H25N3O/c1-17(2,3)13-7-10-19(11-8-13)16-14(12-21)20-9-5-4-6-15(20)18-16/h4-6,9,13,21H,7-8,10-12H2,1-3H3. The molecule has 3 heterocycles. The molecule has 0 bridgehead atoms. The van der Waals surface area contributed by atoms with Gasteiger partial charge in [0.1, 0.15) is 5.65 Å². The molecule has 0 unspecified atom stereocenters. The maximum atomic E-state index is 9.73. The van der Waals surface area contributed by atoms with Crippen LogP contribution in [0.2, 0.25) is 0 Å². The number of aromatic nitrogens is 2. The van der Waals surface area contributed by atoms with E-state index in [1.807, 2.05) is 28.8 Å². The van der Waals surface area contributed by atoms with Gasteiger partial charge in [-0.25, -0.2) is 4.98 Å². The monoisotopic (exact) mass is 287 g/mol. The highest BCUT2D eigenvalue weighted by molar-refractivity contribution is 5.56. The molecule has 2 aromatic heterocycles. The molecule has 0 atom stereocenters. The van der Waals surface area contributed by atoms with E-state index in [1.54, 1.807) is 0 Å². The van der Waals surface area contributed by atoms with Gasteiger partial charge >= 0.3 is 0 Å². The van der Waals surface area contributed by atoms with E-state index in [4.69, 9.17) is 4.98 Å². The number of nitrogens with zero attached hydrogens (tertiary/aromatic N) is 3. The van der Waals surface area contributed by atoms with Crippen molar-refractivity contribution < 1.29 is 5.11 Å². The Labute approximate surface area is 126 Å². The van der Waals surface area contributed by atoms with Crippen molar-refractivity contribution in [2.75, 3.05) is 18.0 Å². The Balaban J connectivity index is 1.85. The third kappa shape index (κ3) is 2.64. The fourth-order valence-corrected chi connectivity index (χ4v) is 3.39. The zero-order valence-corrected chi connectivity index (χ0v) is 13.2. The number of hydrogen-bond donors (Lipinski definition) is 1. The summed E-state index contributed by atoms with van der Waals surface area (Å²) >= 11 is 0. The third-order valence-electron chi connectivity index (χ3n) is 4.78. The first-order valence-corrected chi connectivity index (χ1v) is 7.82. The predicted molar refractivity (Wildman–Crippen MR) is 85.5 cm³/mol. The van der Waals surface area contributed by atoms with Gasteiger partial charge in [-0.05, 0) is 36.3 Å². The van der Waals surface area contributed by atoms with Crippen LogP contribution >= 0.6 is 0 Å². The van der Waals surface area contributed by atoms with Gasteiger partial charge in [0.2, 0.25) is 0 Å². The summed E-state index contributed by atoms with van der Waals surface area (Å²) in [5.41, 5.74) is 2.19. The second-order valence-electron chi connectivity index (χ2n) is 7.10. The van der Waals surface area contributed by atoms with Crippen LogP contribution in [0.5, 0.6) is 0 Å². The quantitative estimate of drug-likeness (QED) is 0.923. The summed E-state index contributed by atoms with van der Waals surface area (Å²) in [5.74, 6) is 1.72. The first-order valence-electron chi connectivity index (χ1n) is 7.82. The molecule has 1 N–H and O–H groups in total. The van der Waals surface area contributed by atoms with Crippen LogP contribution in [0.15, 0.2) is 24.4 Å². The van der Waals surface area contributed by atoms with Gasteiger partial charge in [-0.2, -0.15) is 0 Å². The molecule has 114 valence electrons. The average molecular weight is 287 g/mol. The van der Waals surface area contributed by atoms with Crippen LogP contribution in [-0.4, -0.2) is 27.6 Å². The number of hydrogen-bond acceptors (Lipinski definition) is 3. The molecule has 2 aromatic rings.